The van der Waals surface area contributed by atoms with Crippen LogP contribution in [0, 0.1) is 0 Å². The minimum Gasteiger partial charge on any atom is -0.379 e. The van der Waals surface area contributed by atoms with Gasteiger partial charge in [0, 0.05) is 30.1 Å². The molecular weight excluding hydrogens is 384 g/mol. The van der Waals surface area contributed by atoms with Crippen molar-refractivity contribution in [2.24, 2.45) is 0 Å². The van der Waals surface area contributed by atoms with Crippen LogP contribution in [0.5, 0.6) is 0 Å². The number of carbonyl (C=O) groups is 1. The van der Waals surface area contributed by atoms with E-state index in [-0.39, 0.29) is 16.8 Å². The van der Waals surface area contributed by atoms with E-state index in [0.29, 0.717) is 38.4 Å². The Hall–Kier alpha value is -1.74. The Balaban J connectivity index is 1.59. The summed E-state index contributed by atoms with van der Waals surface area (Å²) in [7, 11) is -3.61. The third-order valence-corrected chi connectivity index (χ3v) is 7.94. The van der Waals surface area contributed by atoms with Crippen molar-refractivity contribution in [2.45, 2.75) is 23.8 Å². The fourth-order valence-electron chi connectivity index (χ4n) is 3.68. The number of nitrogens with zero attached hydrogens (tertiary/aromatic N) is 2. The second-order valence-electron chi connectivity index (χ2n) is 6.72. The van der Waals surface area contributed by atoms with Crippen LogP contribution in [-0.4, -0.2) is 56.4 Å². The summed E-state index contributed by atoms with van der Waals surface area (Å²) in [5, 5.41) is 2.02. The second-order valence-corrected chi connectivity index (χ2v) is 9.63. The summed E-state index contributed by atoms with van der Waals surface area (Å²) in [6.07, 6.45) is 1.90. The highest BCUT2D eigenvalue weighted by molar-refractivity contribution is 7.89. The highest BCUT2D eigenvalue weighted by atomic mass is 32.2. The van der Waals surface area contributed by atoms with Gasteiger partial charge in [0.2, 0.25) is 10.0 Å². The monoisotopic (exact) mass is 406 g/mol. The Morgan fingerprint density at radius 1 is 1.11 bits per heavy atom. The molecule has 144 valence electrons. The Kier molecular flexibility index (Phi) is 5.32. The van der Waals surface area contributed by atoms with Crippen LogP contribution in [0.25, 0.3) is 0 Å². The molecule has 0 unspecified atom stereocenters. The number of thiophene rings is 1. The first-order valence-corrected chi connectivity index (χ1v) is 11.4. The summed E-state index contributed by atoms with van der Waals surface area (Å²) in [6, 6.07) is 10.6. The van der Waals surface area contributed by atoms with E-state index >= 15 is 0 Å². The van der Waals surface area contributed by atoms with Crippen LogP contribution in [0.2, 0.25) is 0 Å². The molecule has 3 heterocycles. The molecule has 0 saturated carbocycles. The quantitative estimate of drug-likeness (QED) is 0.783. The number of amides is 1. The minimum absolute atomic E-state index is 0.0806. The molecule has 27 heavy (non-hydrogen) atoms. The molecular formula is C19H22N2O4S2. The van der Waals surface area contributed by atoms with Crippen molar-refractivity contribution in [3.63, 3.8) is 0 Å². The first-order chi connectivity index (χ1) is 13.1. The van der Waals surface area contributed by atoms with Crippen molar-refractivity contribution in [1.29, 1.82) is 0 Å². The van der Waals surface area contributed by atoms with Crippen molar-refractivity contribution in [2.75, 3.05) is 32.8 Å². The summed E-state index contributed by atoms with van der Waals surface area (Å²) in [5.74, 6) is -0.107. The molecule has 0 bridgehead atoms. The molecule has 1 amide bonds. The number of carbonyl (C=O) groups excluding carboxylic acids is 1. The van der Waals surface area contributed by atoms with Crippen molar-refractivity contribution in [3.8, 4) is 0 Å². The molecule has 2 fully saturated rings. The maximum Gasteiger partial charge on any atom is 0.254 e. The predicted molar refractivity (Wildman–Crippen MR) is 103 cm³/mol. The minimum atomic E-state index is -3.61. The third-order valence-electron chi connectivity index (χ3n) is 5.07. The van der Waals surface area contributed by atoms with E-state index in [4.69, 9.17) is 4.74 Å². The van der Waals surface area contributed by atoms with E-state index in [1.54, 1.807) is 29.5 Å². The van der Waals surface area contributed by atoms with Gasteiger partial charge < -0.3 is 9.64 Å². The number of rotatable bonds is 4. The second kappa shape index (κ2) is 7.71. The zero-order chi connectivity index (χ0) is 18.9. The Labute approximate surface area is 163 Å². The molecule has 8 heteroatoms. The normalized spacial score (nSPS) is 21.5. The average Bonchev–Trinajstić information content (AvgIpc) is 3.39. The van der Waals surface area contributed by atoms with E-state index in [1.807, 2.05) is 16.3 Å². The molecule has 1 atom stereocenters. The van der Waals surface area contributed by atoms with Gasteiger partial charge in [0.25, 0.3) is 5.91 Å². The molecule has 1 aromatic heterocycles. The van der Waals surface area contributed by atoms with Crippen LogP contribution in [0.1, 0.15) is 34.1 Å². The molecule has 4 rings (SSSR count). The number of ether oxygens (including phenoxy) is 1. The van der Waals surface area contributed by atoms with Gasteiger partial charge in [-0.3, -0.25) is 4.79 Å². The molecule has 2 saturated heterocycles. The lowest BCUT2D eigenvalue weighted by Crippen LogP contribution is -2.40. The van der Waals surface area contributed by atoms with Gasteiger partial charge in [-0.1, -0.05) is 12.1 Å². The average molecular weight is 407 g/mol. The Morgan fingerprint density at radius 2 is 1.93 bits per heavy atom. The molecule has 1 aromatic carbocycles. The predicted octanol–water partition coefficient (Wildman–Crippen LogP) is 2.75. The summed E-state index contributed by atoms with van der Waals surface area (Å²) < 4.78 is 32.4. The number of morpholine rings is 1. The lowest BCUT2D eigenvalue weighted by atomic mass is 10.1. The molecule has 0 spiro atoms. The SMILES string of the molecule is O=C(c1cccc(S(=O)(=O)N2CCOCC2)c1)N1CCC[C@@H]1c1cccs1. The van der Waals surface area contributed by atoms with Gasteiger partial charge in [0.05, 0.1) is 24.2 Å². The number of hydrogen-bond donors (Lipinski definition) is 0. The van der Waals surface area contributed by atoms with Gasteiger partial charge >= 0.3 is 0 Å². The van der Waals surface area contributed by atoms with E-state index in [2.05, 4.69) is 6.07 Å². The van der Waals surface area contributed by atoms with Gasteiger partial charge in [-0.15, -0.1) is 11.3 Å². The maximum absolute atomic E-state index is 13.1. The van der Waals surface area contributed by atoms with Crippen LogP contribution in [0.4, 0.5) is 0 Å². The summed E-state index contributed by atoms with van der Waals surface area (Å²) >= 11 is 1.65. The van der Waals surface area contributed by atoms with Gasteiger partial charge in [0.1, 0.15) is 0 Å². The maximum atomic E-state index is 13.1. The molecule has 2 aliphatic rings. The Bertz CT molecular complexity index is 906. The van der Waals surface area contributed by atoms with Crippen LogP contribution in [0.3, 0.4) is 0 Å². The Morgan fingerprint density at radius 3 is 2.67 bits per heavy atom. The number of likely N-dealkylation sites (tertiary alicyclic amines) is 1. The van der Waals surface area contributed by atoms with Gasteiger partial charge in [-0.05, 0) is 42.5 Å². The number of benzene rings is 1. The first kappa shape index (κ1) is 18.6. The zero-order valence-corrected chi connectivity index (χ0v) is 16.5. The third kappa shape index (κ3) is 3.67. The summed E-state index contributed by atoms with van der Waals surface area (Å²) in [6.45, 7) is 2.17. The topological polar surface area (TPSA) is 66.9 Å². The summed E-state index contributed by atoms with van der Waals surface area (Å²) in [4.78, 5) is 16.3. The summed E-state index contributed by atoms with van der Waals surface area (Å²) in [5.41, 5.74) is 0.424. The highest BCUT2D eigenvalue weighted by Gasteiger charge is 2.32. The molecule has 0 aliphatic carbocycles. The fraction of sp³-hybridized carbons (Fsp3) is 0.421. The van der Waals surface area contributed by atoms with E-state index in [9.17, 15) is 13.2 Å². The molecule has 2 aliphatic heterocycles. The molecule has 0 radical (unpaired) electrons. The lowest BCUT2D eigenvalue weighted by molar-refractivity contribution is 0.0728. The van der Waals surface area contributed by atoms with E-state index in [0.717, 1.165) is 12.8 Å². The van der Waals surface area contributed by atoms with Gasteiger partial charge in [-0.2, -0.15) is 4.31 Å². The van der Waals surface area contributed by atoms with Crippen LogP contribution >= 0.6 is 11.3 Å². The molecule has 6 nitrogen and oxygen atoms in total. The first-order valence-electron chi connectivity index (χ1n) is 9.10. The molecule has 2 aromatic rings. The van der Waals surface area contributed by atoms with Crippen LogP contribution < -0.4 is 0 Å². The van der Waals surface area contributed by atoms with E-state index in [1.165, 1.54) is 15.2 Å². The van der Waals surface area contributed by atoms with Gasteiger partial charge in [0.15, 0.2) is 0 Å². The fourth-order valence-corrected chi connectivity index (χ4v) is 6.01. The lowest BCUT2D eigenvalue weighted by Gasteiger charge is -2.27. The van der Waals surface area contributed by atoms with Crippen molar-refractivity contribution >= 4 is 27.3 Å². The van der Waals surface area contributed by atoms with Gasteiger partial charge in [-0.25, -0.2) is 8.42 Å². The van der Waals surface area contributed by atoms with E-state index < -0.39 is 10.0 Å². The largest absolute Gasteiger partial charge is 0.379 e. The van der Waals surface area contributed by atoms with Crippen LogP contribution in [-0.2, 0) is 14.8 Å². The van der Waals surface area contributed by atoms with Crippen molar-refractivity contribution in [1.82, 2.24) is 9.21 Å². The molecule has 0 N–H and O–H groups in total. The van der Waals surface area contributed by atoms with Crippen LogP contribution in [0.15, 0.2) is 46.7 Å². The number of sulfonamides is 1. The standard InChI is InChI=1S/C19H22N2O4S2/c22-19(21-8-2-6-17(21)18-7-3-13-26-18)15-4-1-5-16(14-15)27(23,24)20-9-11-25-12-10-20/h1,3-5,7,13-14,17H,2,6,8-12H2/t17-/m1/s1. The zero-order valence-electron chi connectivity index (χ0n) is 14.9. The number of hydrogen-bond acceptors (Lipinski definition) is 5. The smallest absolute Gasteiger partial charge is 0.254 e. The van der Waals surface area contributed by atoms with Crippen molar-refractivity contribution < 1.29 is 17.9 Å². The highest BCUT2D eigenvalue weighted by Crippen LogP contribution is 2.35. The van der Waals surface area contributed by atoms with Crippen molar-refractivity contribution in [3.05, 3.63) is 52.2 Å².